The Morgan fingerprint density at radius 1 is 1.43 bits per heavy atom. The molecule has 0 bridgehead atoms. The summed E-state index contributed by atoms with van der Waals surface area (Å²) in [6.45, 7) is 5.92. The van der Waals surface area contributed by atoms with Crippen molar-refractivity contribution in [2.45, 2.75) is 25.9 Å². The average molecular weight is 294 g/mol. The third-order valence-electron chi connectivity index (χ3n) is 3.93. The summed E-state index contributed by atoms with van der Waals surface area (Å²) in [5, 5.41) is 11.7. The second-order valence-corrected chi connectivity index (χ2v) is 5.77. The van der Waals surface area contributed by atoms with Gasteiger partial charge in [0.25, 0.3) is 0 Å². The minimum atomic E-state index is -0.367. The lowest BCUT2D eigenvalue weighted by atomic mass is 10.1. The molecule has 1 saturated heterocycles. The van der Waals surface area contributed by atoms with E-state index < -0.39 is 0 Å². The summed E-state index contributed by atoms with van der Waals surface area (Å²) in [6.07, 6.45) is 1.10. The van der Waals surface area contributed by atoms with E-state index in [1.165, 1.54) is 12.1 Å². The first-order valence-corrected chi connectivity index (χ1v) is 7.19. The van der Waals surface area contributed by atoms with E-state index in [1.54, 1.807) is 6.07 Å². The molecule has 0 aromatic heterocycles. The molecular formula is C15H23FN4O. The third kappa shape index (κ3) is 4.15. The SMILES string of the molecule is CC1CN(C)CCCN1Cc1cc(F)cc(/C(N)=N/O)c1. The van der Waals surface area contributed by atoms with Gasteiger partial charge in [0.15, 0.2) is 5.84 Å². The fraction of sp³-hybridized carbons (Fsp3) is 0.533. The molecule has 1 atom stereocenters. The summed E-state index contributed by atoms with van der Waals surface area (Å²) in [6, 6.07) is 4.97. The van der Waals surface area contributed by atoms with Gasteiger partial charge in [0.05, 0.1) is 0 Å². The normalized spacial score (nSPS) is 22.2. The summed E-state index contributed by atoms with van der Waals surface area (Å²) >= 11 is 0. The lowest BCUT2D eigenvalue weighted by Crippen LogP contribution is -2.37. The molecule has 2 rings (SSSR count). The molecular weight excluding hydrogens is 271 g/mol. The van der Waals surface area contributed by atoms with Gasteiger partial charge in [-0.15, -0.1) is 0 Å². The van der Waals surface area contributed by atoms with Crippen LogP contribution in [-0.4, -0.2) is 53.6 Å². The van der Waals surface area contributed by atoms with Gasteiger partial charge in [-0.25, -0.2) is 4.39 Å². The number of benzene rings is 1. The number of rotatable bonds is 3. The summed E-state index contributed by atoms with van der Waals surface area (Å²) < 4.78 is 13.7. The lowest BCUT2D eigenvalue weighted by molar-refractivity contribution is 0.194. The molecule has 0 amide bonds. The van der Waals surface area contributed by atoms with Crippen LogP contribution in [0.2, 0.25) is 0 Å². The number of oxime groups is 1. The highest BCUT2D eigenvalue weighted by atomic mass is 19.1. The third-order valence-corrected chi connectivity index (χ3v) is 3.93. The van der Waals surface area contributed by atoms with Crippen LogP contribution in [0.3, 0.4) is 0 Å². The first kappa shape index (κ1) is 15.7. The van der Waals surface area contributed by atoms with E-state index in [0.29, 0.717) is 18.2 Å². The Morgan fingerprint density at radius 2 is 2.19 bits per heavy atom. The van der Waals surface area contributed by atoms with E-state index in [9.17, 15) is 4.39 Å². The van der Waals surface area contributed by atoms with Crippen molar-refractivity contribution in [3.05, 3.63) is 35.1 Å². The highest BCUT2D eigenvalue weighted by Crippen LogP contribution is 2.16. The standard InChI is InChI=1S/C15H23FN4O/c1-11-9-19(2)4-3-5-20(11)10-12-6-13(15(17)18-21)8-14(16)7-12/h6-8,11,21H,3-5,9-10H2,1-2H3,(H2,17,18). The molecule has 0 saturated carbocycles. The van der Waals surface area contributed by atoms with Gasteiger partial charge in [-0.3, -0.25) is 4.90 Å². The van der Waals surface area contributed by atoms with E-state index in [2.05, 4.69) is 28.9 Å². The van der Waals surface area contributed by atoms with Crippen LogP contribution in [0.25, 0.3) is 0 Å². The molecule has 0 spiro atoms. The topological polar surface area (TPSA) is 65.1 Å². The van der Waals surface area contributed by atoms with Crippen molar-refractivity contribution in [2.75, 3.05) is 26.7 Å². The molecule has 5 nitrogen and oxygen atoms in total. The van der Waals surface area contributed by atoms with E-state index in [4.69, 9.17) is 10.9 Å². The molecule has 1 unspecified atom stereocenters. The molecule has 1 aliphatic heterocycles. The monoisotopic (exact) mass is 294 g/mol. The van der Waals surface area contributed by atoms with Gasteiger partial charge in [0.2, 0.25) is 0 Å². The maximum Gasteiger partial charge on any atom is 0.170 e. The summed E-state index contributed by atoms with van der Waals surface area (Å²) in [5.41, 5.74) is 6.80. The Balaban J connectivity index is 2.16. The molecule has 21 heavy (non-hydrogen) atoms. The van der Waals surface area contributed by atoms with Gasteiger partial charge in [0, 0.05) is 31.2 Å². The number of nitrogens with zero attached hydrogens (tertiary/aromatic N) is 3. The van der Waals surface area contributed by atoms with Gasteiger partial charge in [-0.2, -0.15) is 0 Å². The molecule has 0 radical (unpaired) electrons. The van der Waals surface area contributed by atoms with Gasteiger partial charge >= 0.3 is 0 Å². The molecule has 1 aromatic rings. The van der Waals surface area contributed by atoms with Crippen LogP contribution in [-0.2, 0) is 6.54 Å². The second-order valence-electron chi connectivity index (χ2n) is 5.77. The van der Waals surface area contributed by atoms with Crippen molar-refractivity contribution in [1.29, 1.82) is 0 Å². The van der Waals surface area contributed by atoms with E-state index in [1.807, 2.05) is 0 Å². The largest absolute Gasteiger partial charge is 0.409 e. The molecule has 3 N–H and O–H groups in total. The van der Waals surface area contributed by atoms with Crippen molar-refractivity contribution in [3.63, 3.8) is 0 Å². The number of hydrogen-bond donors (Lipinski definition) is 2. The molecule has 116 valence electrons. The zero-order valence-electron chi connectivity index (χ0n) is 12.6. The van der Waals surface area contributed by atoms with Crippen molar-refractivity contribution < 1.29 is 9.60 Å². The van der Waals surface area contributed by atoms with Crippen molar-refractivity contribution in [3.8, 4) is 0 Å². The molecule has 0 aliphatic carbocycles. The number of amidine groups is 1. The van der Waals surface area contributed by atoms with Crippen LogP contribution in [0.5, 0.6) is 0 Å². The Morgan fingerprint density at radius 3 is 2.90 bits per heavy atom. The predicted octanol–water partition coefficient (Wildman–Crippen LogP) is 1.45. The van der Waals surface area contributed by atoms with E-state index >= 15 is 0 Å². The van der Waals surface area contributed by atoms with Crippen molar-refractivity contribution in [2.24, 2.45) is 10.9 Å². The quantitative estimate of drug-likeness (QED) is 0.383. The highest BCUT2D eigenvalue weighted by Gasteiger charge is 2.20. The zero-order valence-corrected chi connectivity index (χ0v) is 12.6. The zero-order chi connectivity index (χ0) is 15.4. The van der Waals surface area contributed by atoms with Crippen LogP contribution >= 0.6 is 0 Å². The van der Waals surface area contributed by atoms with Gasteiger partial charge in [0.1, 0.15) is 5.82 Å². The van der Waals surface area contributed by atoms with Crippen molar-refractivity contribution >= 4 is 5.84 Å². The Bertz CT molecular complexity index is 520. The predicted molar refractivity (Wildman–Crippen MR) is 80.9 cm³/mol. The van der Waals surface area contributed by atoms with Crippen LogP contribution < -0.4 is 5.73 Å². The molecule has 1 aromatic carbocycles. The number of nitrogens with two attached hydrogens (primary N) is 1. The van der Waals surface area contributed by atoms with E-state index in [0.717, 1.165) is 31.6 Å². The fourth-order valence-corrected chi connectivity index (χ4v) is 2.84. The molecule has 1 heterocycles. The summed E-state index contributed by atoms with van der Waals surface area (Å²) in [7, 11) is 2.12. The molecule has 1 aliphatic rings. The first-order chi connectivity index (χ1) is 9.99. The Kier molecular flexibility index (Phi) is 5.14. The highest BCUT2D eigenvalue weighted by molar-refractivity contribution is 5.97. The maximum atomic E-state index is 13.7. The summed E-state index contributed by atoms with van der Waals surface area (Å²) in [4.78, 5) is 4.66. The van der Waals surface area contributed by atoms with Crippen LogP contribution in [0.1, 0.15) is 24.5 Å². The number of likely N-dealkylation sites (N-methyl/N-ethyl adjacent to an activating group) is 1. The van der Waals surface area contributed by atoms with Crippen molar-refractivity contribution in [1.82, 2.24) is 9.80 Å². The van der Waals surface area contributed by atoms with E-state index in [-0.39, 0.29) is 11.7 Å². The first-order valence-electron chi connectivity index (χ1n) is 7.19. The Labute approximate surface area is 124 Å². The summed E-state index contributed by atoms with van der Waals surface area (Å²) in [5.74, 6) is -0.437. The average Bonchev–Trinajstić information content (AvgIpc) is 2.59. The fourth-order valence-electron chi connectivity index (χ4n) is 2.84. The smallest absolute Gasteiger partial charge is 0.170 e. The maximum absolute atomic E-state index is 13.7. The Hall–Kier alpha value is -1.66. The molecule has 1 fully saturated rings. The minimum Gasteiger partial charge on any atom is -0.409 e. The van der Waals surface area contributed by atoms with Gasteiger partial charge in [-0.1, -0.05) is 5.16 Å². The van der Waals surface area contributed by atoms with Gasteiger partial charge in [-0.05, 0) is 50.7 Å². The van der Waals surface area contributed by atoms with Crippen LogP contribution in [0, 0.1) is 5.82 Å². The van der Waals surface area contributed by atoms with Crippen LogP contribution in [0.4, 0.5) is 4.39 Å². The second kappa shape index (κ2) is 6.87. The molecule has 6 heteroatoms. The van der Waals surface area contributed by atoms with Crippen LogP contribution in [0.15, 0.2) is 23.4 Å². The van der Waals surface area contributed by atoms with Gasteiger partial charge < -0.3 is 15.8 Å². The minimum absolute atomic E-state index is 0.0700. The number of halogens is 1. The lowest BCUT2D eigenvalue weighted by Gasteiger charge is -2.28. The number of hydrogen-bond acceptors (Lipinski definition) is 4.